The third kappa shape index (κ3) is 4.02. The van der Waals surface area contributed by atoms with Crippen LogP contribution < -0.4 is 5.32 Å². The summed E-state index contributed by atoms with van der Waals surface area (Å²) in [5, 5.41) is 3.60. The zero-order valence-electron chi connectivity index (χ0n) is 11.4. The molecule has 1 aliphatic carbocycles. The lowest BCUT2D eigenvalue weighted by atomic mass is 9.97. The average Bonchev–Trinajstić information content (AvgIpc) is 2.77. The minimum absolute atomic E-state index is 0.592. The molecule has 1 fully saturated rings. The highest BCUT2D eigenvalue weighted by atomic mass is 16.5. The van der Waals surface area contributed by atoms with Crippen molar-refractivity contribution in [1.29, 1.82) is 0 Å². The number of nitrogens with one attached hydrogen (secondary N) is 1. The fourth-order valence-corrected chi connectivity index (χ4v) is 2.60. The van der Waals surface area contributed by atoms with E-state index in [1.165, 1.54) is 44.9 Å². The van der Waals surface area contributed by atoms with Gasteiger partial charge in [0.05, 0.1) is 6.61 Å². The number of hydrogen-bond acceptors (Lipinski definition) is 3. The summed E-state index contributed by atoms with van der Waals surface area (Å²) in [7, 11) is 1.73. The topological polar surface area (TPSA) is 39.1 Å². The average molecular weight is 251 g/mol. The molecular formula is C14H25N3O. The standard InChI is InChI=1S/C14H25N3O/c1-18-12-11-17-10-9-15-14(17)16-13-7-5-3-2-4-6-8-13/h9-10,13H,2-8,11-12H2,1H3,(H,15,16). The molecule has 18 heavy (non-hydrogen) atoms. The molecule has 0 saturated heterocycles. The van der Waals surface area contributed by atoms with E-state index in [0.29, 0.717) is 6.04 Å². The van der Waals surface area contributed by atoms with Gasteiger partial charge in [0, 0.05) is 32.1 Å². The van der Waals surface area contributed by atoms with Gasteiger partial charge in [0.1, 0.15) is 0 Å². The summed E-state index contributed by atoms with van der Waals surface area (Å²) in [6.07, 6.45) is 13.3. The van der Waals surface area contributed by atoms with Crippen molar-refractivity contribution in [3.63, 3.8) is 0 Å². The molecule has 1 N–H and O–H groups in total. The van der Waals surface area contributed by atoms with Gasteiger partial charge in [-0.25, -0.2) is 4.98 Å². The maximum atomic E-state index is 5.12. The Labute approximate surface area is 110 Å². The predicted octanol–water partition coefficient (Wildman–Crippen LogP) is 3.05. The number of rotatable bonds is 5. The fraction of sp³-hybridized carbons (Fsp3) is 0.786. The Kier molecular flexibility index (Phi) is 5.52. The van der Waals surface area contributed by atoms with Gasteiger partial charge >= 0.3 is 0 Å². The van der Waals surface area contributed by atoms with Crippen LogP contribution in [0.1, 0.15) is 44.9 Å². The van der Waals surface area contributed by atoms with Crippen LogP contribution in [0.3, 0.4) is 0 Å². The van der Waals surface area contributed by atoms with E-state index in [1.807, 2.05) is 12.4 Å². The zero-order chi connectivity index (χ0) is 12.6. The molecule has 102 valence electrons. The second kappa shape index (κ2) is 7.41. The Morgan fingerprint density at radius 1 is 1.28 bits per heavy atom. The minimum atomic E-state index is 0.592. The van der Waals surface area contributed by atoms with E-state index in [9.17, 15) is 0 Å². The van der Waals surface area contributed by atoms with Crippen molar-refractivity contribution >= 4 is 5.95 Å². The van der Waals surface area contributed by atoms with Gasteiger partial charge in [0.15, 0.2) is 0 Å². The summed E-state index contributed by atoms with van der Waals surface area (Å²) in [6, 6.07) is 0.592. The molecule has 0 amide bonds. The molecule has 1 aliphatic rings. The molecule has 4 nitrogen and oxygen atoms in total. The maximum absolute atomic E-state index is 5.12. The summed E-state index contributed by atoms with van der Waals surface area (Å²) in [6.45, 7) is 1.60. The van der Waals surface area contributed by atoms with Crippen LogP contribution in [-0.4, -0.2) is 29.3 Å². The minimum Gasteiger partial charge on any atom is -0.383 e. The van der Waals surface area contributed by atoms with E-state index in [1.54, 1.807) is 7.11 Å². The van der Waals surface area contributed by atoms with E-state index >= 15 is 0 Å². The first-order valence-corrected chi connectivity index (χ1v) is 7.17. The number of imidazole rings is 1. The van der Waals surface area contributed by atoms with Gasteiger partial charge in [-0.2, -0.15) is 0 Å². The highest BCUT2D eigenvalue weighted by Crippen LogP contribution is 2.20. The van der Waals surface area contributed by atoms with Crippen LogP contribution in [0.4, 0.5) is 5.95 Å². The molecule has 1 aromatic heterocycles. The van der Waals surface area contributed by atoms with E-state index < -0.39 is 0 Å². The largest absolute Gasteiger partial charge is 0.383 e. The van der Waals surface area contributed by atoms with Crippen molar-refractivity contribution in [1.82, 2.24) is 9.55 Å². The normalized spacial score (nSPS) is 18.3. The Bertz CT molecular complexity index is 330. The number of anilines is 1. The summed E-state index contributed by atoms with van der Waals surface area (Å²) >= 11 is 0. The fourth-order valence-electron chi connectivity index (χ4n) is 2.60. The maximum Gasteiger partial charge on any atom is 0.203 e. The lowest BCUT2D eigenvalue weighted by Gasteiger charge is -2.22. The van der Waals surface area contributed by atoms with Crippen molar-refractivity contribution in [2.24, 2.45) is 0 Å². The molecule has 1 saturated carbocycles. The number of ether oxygens (including phenoxy) is 1. The number of methoxy groups -OCH3 is 1. The molecule has 0 unspecified atom stereocenters. The lowest BCUT2D eigenvalue weighted by molar-refractivity contribution is 0.187. The quantitative estimate of drug-likeness (QED) is 0.874. The van der Waals surface area contributed by atoms with Gasteiger partial charge in [0.2, 0.25) is 5.95 Å². The number of hydrogen-bond donors (Lipinski definition) is 1. The number of nitrogens with zero attached hydrogens (tertiary/aromatic N) is 2. The van der Waals surface area contributed by atoms with Gasteiger partial charge in [0.25, 0.3) is 0 Å². The van der Waals surface area contributed by atoms with Crippen LogP contribution in [0.2, 0.25) is 0 Å². The van der Waals surface area contributed by atoms with E-state index in [0.717, 1.165) is 19.1 Å². The second-order valence-electron chi connectivity index (χ2n) is 5.12. The molecule has 0 radical (unpaired) electrons. The van der Waals surface area contributed by atoms with E-state index in [2.05, 4.69) is 14.9 Å². The zero-order valence-corrected chi connectivity index (χ0v) is 11.4. The highest BCUT2D eigenvalue weighted by Gasteiger charge is 2.13. The van der Waals surface area contributed by atoms with Crippen LogP contribution >= 0.6 is 0 Å². The second-order valence-corrected chi connectivity index (χ2v) is 5.12. The number of aromatic nitrogens is 2. The smallest absolute Gasteiger partial charge is 0.203 e. The molecule has 0 spiro atoms. The summed E-state index contributed by atoms with van der Waals surface area (Å²) in [5.74, 6) is 0.998. The van der Waals surface area contributed by atoms with Crippen LogP contribution in [0.5, 0.6) is 0 Å². The molecule has 2 rings (SSSR count). The first-order valence-electron chi connectivity index (χ1n) is 7.17. The van der Waals surface area contributed by atoms with Gasteiger partial charge in [-0.15, -0.1) is 0 Å². The van der Waals surface area contributed by atoms with Crippen LogP contribution in [0, 0.1) is 0 Å². The summed E-state index contributed by atoms with van der Waals surface area (Å²) in [5.41, 5.74) is 0. The van der Waals surface area contributed by atoms with Crippen molar-refractivity contribution in [3.8, 4) is 0 Å². The molecule has 0 atom stereocenters. The van der Waals surface area contributed by atoms with Crippen molar-refractivity contribution < 1.29 is 4.74 Å². The van der Waals surface area contributed by atoms with Crippen LogP contribution in [0.25, 0.3) is 0 Å². The SMILES string of the molecule is COCCn1ccnc1NC1CCCCCCC1. The van der Waals surface area contributed by atoms with Gasteiger partial charge in [-0.1, -0.05) is 32.1 Å². The molecule has 0 aromatic carbocycles. The van der Waals surface area contributed by atoms with Crippen molar-refractivity contribution in [2.45, 2.75) is 57.5 Å². The van der Waals surface area contributed by atoms with Crippen LogP contribution in [-0.2, 0) is 11.3 Å². The predicted molar refractivity (Wildman–Crippen MR) is 73.8 cm³/mol. The summed E-state index contributed by atoms with van der Waals surface area (Å²) < 4.78 is 7.26. The molecule has 0 bridgehead atoms. The lowest BCUT2D eigenvalue weighted by Crippen LogP contribution is -2.23. The van der Waals surface area contributed by atoms with Gasteiger partial charge in [-0.3, -0.25) is 0 Å². The first kappa shape index (κ1) is 13.4. The van der Waals surface area contributed by atoms with Gasteiger partial charge in [-0.05, 0) is 12.8 Å². The first-order chi connectivity index (χ1) is 8.90. The molecular weight excluding hydrogens is 226 g/mol. The summed E-state index contributed by atoms with van der Waals surface area (Å²) in [4.78, 5) is 4.41. The third-order valence-electron chi connectivity index (χ3n) is 3.69. The molecule has 0 aliphatic heterocycles. The van der Waals surface area contributed by atoms with E-state index in [4.69, 9.17) is 4.74 Å². The Balaban J connectivity index is 1.88. The Hall–Kier alpha value is -1.03. The van der Waals surface area contributed by atoms with Crippen molar-refractivity contribution in [3.05, 3.63) is 12.4 Å². The Morgan fingerprint density at radius 2 is 2.00 bits per heavy atom. The molecule has 1 aromatic rings. The third-order valence-corrected chi connectivity index (χ3v) is 3.69. The van der Waals surface area contributed by atoms with E-state index in [-0.39, 0.29) is 0 Å². The van der Waals surface area contributed by atoms with Crippen LogP contribution in [0.15, 0.2) is 12.4 Å². The monoisotopic (exact) mass is 251 g/mol. The molecule has 4 heteroatoms. The van der Waals surface area contributed by atoms with Gasteiger partial charge < -0.3 is 14.6 Å². The molecule has 1 heterocycles. The Morgan fingerprint density at radius 3 is 2.72 bits per heavy atom. The van der Waals surface area contributed by atoms with Crippen molar-refractivity contribution in [2.75, 3.05) is 19.0 Å². The highest BCUT2D eigenvalue weighted by molar-refractivity contribution is 5.27.